The molecule has 0 radical (unpaired) electrons. The summed E-state index contributed by atoms with van der Waals surface area (Å²) >= 11 is 0. The maximum atomic E-state index is 12.8. The van der Waals surface area contributed by atoms with Crippen molar-refractivity contribution in [1.82, 2.24) is 14.9 Å². The summed E-state index contributed by atoms with van der Waals surface area (Å²) in [6.07, 6.45) is 2.66. The smallest absolute Gasteiger partial charge is 0.253 e. The Kier molecular flexibility index (Phi) is 5.57. The number of hydrogen-bond acceptors (Lipinski definition) is 7. The normalized spacial score (nSPS) is 23.1. The van der Waals surface area contributed by atoms with Crippen molar-refractivity contribution in [2.24, 2.45) is 5.41 Å². The number of amides is 2. The minimum absolute atomic E-state index is 0.106. The van der Waals surface area contributed by atoms with Gasteiger partial charge in [0.1, 0.15) is 11.2 Å². The number of rotatable bonds is 5. The van der Waals surface area contributed by atoms with Crippen molar-refractivity contribution in [3.8, 4) is 6.07 Å². The molecule has 0 bridgehead atoms. The number of carbonyl (C=O) groups is 2. The first-order chi connectivity index (χ1) is 15.0. The van der Waals surface area contributed by atoms with E-state index in [4.69, 9.17) is 0 Å². The number of anilines is 3. The van der Waals surface area contributed by atoms with Crippen molar-refractivity contribution in [3.05, 3.63) is 42.1 Å². The van der Waals surface area contributed by atoms with E-state index in [1.165, 1.54) is 4.90 Å². The number of nitriles is 1. The summed E-state index contributed by atoms with van der Waals surface area (Å²) in [4.78, 5) is 37.1. The summed E-state index contributed by atoms with van der Waals surface area (Å²) in [6.45, 7) is 3.21. The highest BCUT2D eigenvalue weighted by Gasteiger charge is 2.46. The van der Waals surface area contributed by atoms with E-state index >= 15 is 0 Å². The summed E-state index contributed by atoms with van der Waals surface area (Å²) in [5.74, 6) is 0.438. The maximum absolute atomic E-state index is 12.8. The molecule has 9 heteroatoms. The molecule has 0 spiro atoms. The number of nitrogens with zero attached hydrogens (tertiary/aromatic N) is 5. The number of hydrogen-bond donors (Lipinski definition) is 2. The second kappa shape index (κ2) is 8.32. The predicted molar refractivity (Wildman–Crippen MR) is 114 cm³/mol. The second-order valence-electron chi connectivity index (χ2n) is 7.89. The van der Waals surface area contributed by atoms with Gasteiger partial charge in [0.15, 0.2) is 0 Å². The summed E-state index contributed by atoms with van der Waals surface area (Å²) in [7, 11) is 0. The van der Waals surface area contributed by atoms with Gasteiger partial charge in [-0.15, -0.1) is 0 Å². The molecule has 2 amide bonds. The molecule has 2 aliphatic heterocycles. The fraction of sp³-hybridized carbons (Fsp3) is 0.409. The van der Waals surface area contributed by atoms with Gasteiger partial charge in [-0.1, -0.05) is 6.92 Å². The molecule has 0 saturated carbocycles. The third-order valence-corrected chi connectivity index (χ3v) is 5.99. The molecular formula is C22H24N6O3. The van der Waals surface area contributed by atoms with E-state index in [0.29, 0.717) is 61.9 Å². The summed E-state index contributed by atoms with van der Waals surface area (Å²) in [5.41, 5.74) is 0.263. The summed E-state index contributed by atoms with van der Waals surface area (Å²) in [5, 5.41) is 22.2. The first kappa shape index (κ1) is 20.8. The monoisotopic (exact) mass is 420 g/mol. The lowest BCUT2D eigenvalue weighted by Gasteiger charge is -2.19. The lowest BCUT2D eigenvalue weighted by Crippen LogP contribution is -2.33. The van der Waals surface area contributed by atoms with E-state index < -0.39 is 11.5 Å². The lowest BCUT2D eigenvalue weighted by molar-refractivity contribution is -0.123. The first-order valence-electron chi connectivity index (χ1n) is 10.4. The second-order valence-corrected chi connectivity index (χ2v) is 7.89. The van der Waals surface area contributed by atoms with Crippen LogP contribution in [0.2, 0.25) is 0 Å². The molecule has 4 rings (SSSR count). The molecule has 31 heavy (non-hydrogen) atoms. The molecule has 1 aromatic heterocycles. The van der Waals surface area contributed by atoms with Gasteiger partial charge in [0.25, 0.3) is 5.91 Å². The number of aliphatic hydroxyl groups is 1. The lowest BCUT2D eigenvalue weighted by atomic mass is 9.85. The van der Waals surface area contributed by atoms with Gasteiger partial charge in [0, 0.05) is 37.1 Å². The van der Waals surface area contributed by atoms with Crippen molar-refractivity contribution in [3.63, 3.8) is 0 Å². The van der Waals surface area contributed by atoms with Crippen molar-refractivity contribution in [2.45, 2.75) is 32.3 Å². The number of carbonyl (C=O) groups excluding carboxylic acids is 2. The molecule has 1 aromatic carbocycles. The van der Waals surface area contributed by atoms with Crippen LogP contribution < -0.4 is 10.2 Å². The van der Waals surface area contributed by atoms with Crippen molar-refractivity contribution >= 4 is 29.3 Å². The van der Waals surface area contributed by atoms with Crippen molar-refractivity contribution in [1.29, 1.82) is 5.26 Å². The third-order valence-electron chi connectivity index (χ3n) is 5.99. The predicted octanol–water partition coefficient (Wildman–Crippen LogP) is 2.08. The average molecular weight is 420 g/mol. The molecule has 3 heterocycles. The minimum atomic E-state index is -0.980. The van der Waals surface area contributed by atoms with Gasteiger partial charge in [-0.05, 0) is 49.6 Å². The van der Waals surface area contributed by atoms with Crippen molar-refractivity contribution < 1.29 is 14.7 Å². The van der Waals surface area contributed by atoms with E-state index in [-0.39, 0.29) is 11.8 Å². The van der Waals surface area contributed by atoms with E-state index in [0.717, 1.165) is 0 Å². The molecule has 160 valence electrons. The zero-order valence-corrected chi connectivity index (χ0v) is 17.3. The minimum Gasteiger partial charge on any atom is -0.391 e. The Morgan fingerprint density at radius 1 is 1.32 bits per heavy atom. The molecule has 2 aromatic rings. The van der Waals surface area contributed by atoms with Crippen LogP contribution in [0.4, 0.5) is 17.5 Å². The largest absolute Gasteiger partial charge is 0.391 e. The Balaban J connectivity index is 1.45. The van der Waals surface area contributed by atoms with E-state index in [2.05, 4.69) is 21.4 Å². The van der Waals surface area contributed by atoms with Crippen LogP contribution in [0.15, 0.2) is 36.5 Å². The summed E-state index contributed by atoms with van der Waals surface area (Å²) < 4.78 is 0. The number of β-amino-alcohol motifs (C(OH)–C–C–N with tert-alkyl or cyclic N) is 1. The fourth-order valence-corrected chi connectivity index (χ4v) is 3.99. The van der Waals surface area contributed by atoms with E-state index in [1.54, 1.807) is 41.4 Å². The molecule has 2 saturated heterocycles. The van der Waals surface area contributed by atoms with Crippen molar-refractivity contribution in [2.75, 3.05) is 29.9 Å². The zero-order valence-electron chi connectivity index (χ0n) is 17.3. The Morgan fingerprint density at radius 2 is 2.10 bits per heavy atom. The Labute approximate surface area is 180 Å². The Hall–Kier alpha value is -3.51. The number of aliphatic hydroxyl groups excluding tert-OH is 1. The van der Waals surface area contributed by atoms with Crippen LogP contribution in [0.25, 0.3) is 0 Å². The molecule has 2 fully saturated rings. The third kappa shape index (κ3) is 3.94. The van der Waals surface area contributed by atoms with Gasteiger partial charge >= 0.3 is 0 Å². The van der Waals surface area contributed by atoms with Crippen LogP contribution in [-0.2, 0) is 4.79 Å². The molecule has 9 nitrogen and oxygen atoms in total. The Morgan fingerprint density at radius 3 is 2.71 bits per heavy atom. The highest BCUT2D eigenvalue weighted by molar-refractivity contribution is 6.01. The molecule has 0 unspecified atom stereocenters. The van der Waals surface area contributed by atoms with Crippen LogP contribution in [0, 0.1) is 16.7 Å². The van der Waals surface area contributed by atoms with Gasteiger partial charge in [0.2, 0.25) is 11.9 Å². The molecule has 2 N–H and O–H groups in total. The molecule has 2 atom stereocenters. The first-order valence-corrected chi connectivity index (χ1v) is 10.4. The fourth-order valence-electron chi connectivity index (χ4n) is 3.99. The molecule has 2 aliphatic rings. The van der Waals surface area contributed by atoms with Crippen LogP contribution in [-0.4, -0.2) is 57.5 Å². The Bertz CT molecular complexity index is 1030. The van der Waals surface area contributed by atoms with Crippen LogP contribution in [0.3, 0.4) is 0 Å². The standard InChI is InChI=1S/C22H24N6O3/c1-2-22(14-23)9-12-28(20(22)31)18-7-10-24-21(26-18)25-16-5-3-15(4-6-16)19(30)27-11-8-17(29)13-27/h3-7,10,17,29H,2,8-9,11-13H2,1H3,(H,24,25,26)/t17-,22-/m1/s1. The van der Waals surface area contributed by atoms with Crippen LogP contribution in [0.5, 0.6) is 0 Å². The van der Waals surface area contributed by atoms with Crippen LogP contribution >= 0.6 is 0 Å². The number of nitrogens with one attached hydrogen (secondary N) is 1. The molecule has 0 aliphatic carbocycles. The van der Waals surface area contributed by atoms with Gasteiger partial charge in [0.05, 0.1) is 12.2 Å². The number of benzene rings is 1. The van der Waals surface area contributed by atoms with Crippen LogP contribution in [0.1, 0.15) is 36.5 Å². The zero-order chi connectivity index (χ0) is 22.0. The van der Waals surface area contributed by atoms with Gasteiger partial charge in [-0.25, -0.2) is 4.98 Å². The van der Waals surface area contributed by atoms with E-state index in [9.17, 15) is 20.0 Å². The van der Waals surface area contributed by atoms with E-state index in [1.807, 2.05) is 6.92 Å². The highest BCUT2D eigenvalue weighted by Crippen LogP contribution is 2.36. The summed E-state index contributed by atoms with van der Waals surface area (Å²) in [6, 6.07) is 10.8. The maximum Gasteiger partial charge on any atom is 0.253 e. The van der Waals surface area contributed by atoms with Gasteiger partial charge < -0.3 is 15.3 Å². The topological polar surface area (TPSA) is 122 Å². The van der Waals surface area contributed by atoms with Gasteiger partial charge in [-0.3, -0.25) is 14.5 Å². The highest BCUT2D eigenvalue weighted by atomic mass is 16.3. The average Bonchev–Trinajstić information content (AvgIpc) is 3.37. The number of likely N-dealkylation sites (tertiary alicyclic amines) is 1. The molecular weight excluding hydrogens is 396 g/mol. The van der Waals surface area contributed by atoms with Gasteiger partial charge in [-0.2, -0.15) is 10.2 Å². The SMILES string of the molecule is CC[C@]1(C#N)CCN(c2ccnc(Nc3ccc(C(=O)N4CC[C@@H](O)C4)cc3)n2)C1=O. The number of aromatic nitrogens is 2. The quantitative estimate of drug-likeness (QED) is 0.759.